The Morgan fingerprint density at radius 1 is 1.58 bits per heavy atom. The van der Waals surface area contributed by atoms with Crippen LogP contribution in [0.1, 0.15) is 10.6 Å². The Morgan fingerprint density at radius 3 is 2.83 bits per heavy atom. The lowest BCUT2D eigenvalue weighted by molar-refractivity contribution is 1.35. The van der Waals surface area contributed by atoms with Crippen LogP contribution in [0.4, 0.5) is 5.13 Å². The first-order valence-electron chi connectivity index (χ1n) is 3.55. The Bertz CT molecular complexity index is 312. The van der Waals surface area contributed by atoms with Gasteiger partial charge in [-0.25, -0.2) is 4.98 Å². The van der Waals surface area contributed by atoms with Crippen molar-refractivity contribution in [2.45, 2.75) is 6.92 Å². The van der Waals surface area contributed by atoms with Gasteiger partial charge in [0.25, 0.3) is 0 Å². The van der Waals surface area contributed by atoms with Gasteiger partial charge in [0, 0.05) is 18.1 Å². The normalized spacial score (nSPS) is 11.8. The van der Waals surface area contributed by atoms with E-state index in [1.54, 1.807) is 13.3 Å². The van der Waals surface area contributed by atoms with Crippen molar-refractivity contribution in [3.63, 3.8) is 0 Å². The number of hydrogen-bond acceptors (Lipinski definition) is 4. The van der Waals surface area contributed by atoms with E-state index in [0.717, 1.165) is 10.6 Å². The third-order valence-electron chi connectivity index (χ3n) is 1.34. The fourth-order valence-electron chi connectivity index (χ4n) is 0.804. The lowest BCUT2D eigenvalue weighted by Crippen LogP contribution is -1.81. The van der Waals surface area contributed by atoms with Gasteiger partial charge < -0.3 is 5.73 Å². The molecule has 1 aromatic heterocycles. The van der Waals surface area contributed by atoms with Crippen LogP contribution in [0.2, 0.25) is 0 Å². The average molecular weight is 181 g/mol. The van der Waals surface area contributed by atoms with Crippen LogP contribution in [0, 0.1) is 6.92 Å². The summed E-state index contributed by atoms with van der Waals surface area (Å²) in [4.78, 5) is 9.08. The molecule has 12 heavy (non-hydrogen) atoms. The van der Waals surface area contributed by atoms with Crippen LogP contribution < -0.4 is 5.73 Å². The summed E-state index contributed by atoms with van der Waals surface area (Å²) < 4.78 is 0. The molecule has 0 aliphatic carbocycles. The Morgan fingerprint density at radius 2 is 2.33 bits per heavy atom. The van der Waals surface area contributed by atoms with Crippen molar-refractivity contribution in [1.82, 2.24) is 4.98 Å². The average Bonchev–Trinajstić information content (AvgIpc) is 2.31. The van der Waals surface area contributed by atoms with Gasteiger partial charge in [0.15, 0.2) is 5.13 Å². The van der Waals surface area contributed by atoms with Gasteiger partial charge in [-0.15, -0.1) is 11.3 Å². The smallest absolute Gasteiger partial charge is 0.180 e. The number of hydrogen-bond donors (Lipinski definition) is 1. The molecule has 0 saturated carbocycles. The molecule has 0 aliphatic rings. The van der Waals surface area contributed by atoms with Gasteiger partial charge in [-0.3, -0.25) is 4.99 Å². The van der Waals surface area contributed by atoms with Gasteiger partial charge in [-0.05, 0) is 19.1 Å². The van der Waals surface area contributed by atoms with Gasteiger partial charge in [-0.2, -0.15) is 0 Å². The topological polar surface area (TPSA) is 51.3 Å². The van der Waals surface area contributed by atoms with Crippen molar-refractivity contribution in [1.29, 1.82) is 0 Å². The van der Waals surface area contributed by atoms with Crippen LogP contribution in [0.15, 0.2) is 11.1 Å². The van der Waals surface area contributed by atoms with Crippen molar-refractivity contribution < 1.29 is 0 Å². The van der Waals surface area contributed by atoms with Crippen LogP contribution in [0.5, 0.6) is 0 Å². The molecular formula is C8H11N3S. The van der Waals surface area contributed by atoms with Crippen molar-refractivity contribution >= 4 is 28.8 Å². The van der Waals surface area contributed by atoms with Gasteiger partial charge in [0.05, 0.1) is 5.69 Å². The number of nitrogens with zero attached hydrogens (tertiary/aromatic N) is 2. The first kappa shape index (κ1) is 8.93. The molecule has 1 rings (SSSR count). The first-order chi connectivity index (χ1) is 5.74. The molecule has 0 amide bonds. The summed E-state index contributed by atoms with van der Waals surface area (Å²) in [6.07, 6.45) is 5.46. The fourth-order valence-corrected chi connectivity index (χ4v) is 1.48. The minimum absolute atomic E-state index is 0.612. The monoisotopic (exact) mass is 181 g/mol. The molecule has 0 aromatic carbocycles. The summed E-state index contributed by atoms with van der Waals surface area (Å²) in [7, 11) is 1.73. The van der Waals surface area contributed by atoms with Gasteiger partial charge >= 0.3 is 0 Å². The second kappa shape index (κ2) is 4.01. The highest BCUT2D eigenvalue weighted by Gasteiger charge is 1.99. The summed E-state index contributed by atoms with van der Waals surface area (Å²) in [6, 6.07) is 0. The zero-order valence-corrected chi connectivity index (χ0v) is 7.93. The maximum atomic E-state index is 5.52. The minimum atomic E-state index is 0.612. The van der Waals surface area contributed by atoms with E-state index in [1.165, 1.54) is 11.3 Å². The van der Waals surface area contributed by atoms with Crippen LogP contribution >= 0.6 is 11.3 Å². The Kier molecular flexibility index (Phi) is 2.99. The van der Waals surface area contributed by atoms with Crippen molar-refractivity contribution in [2.75, 3.05) is 12.8 Å². The number of aliphatic imine (C=N–C) groups is 1. The van der Waals surface area contributed by atoms with Crippen molar-refractivity contribution in [2.24, 2.45) is 4.99 Å². The molecule has 0 bridgehead atoms. The van der Waals surface area contributed by atoms with E-state index >= 15 is 0 Å². The zero-order valence-electron chi connectivity index (χ0n) is 7.11. The SMILES string of the molecule is CN=C/C=C\c1nc(N)sc1C. The summed E-state index contributed by atoms with van der Waals surface area (Å²) in [5.41, 5.74) is 6.45. The summed E-state index contributed by atoms with van der Waals surface area (Å²) >= 11 is 1.50. The van der Waals surface area contributed by atoms with Crippen LogP contribution in [0.3, 0.4) is 0 Å². The predicted octanol–water partition coefficient (Wildman–Crippen LogP) is 1.75. The lowest BCUT2D eigenvalue weighted by Gasteiger charge is -1.83. The Hall–Kier alpha value is -1.16. The highest BCUT2D eigenvalue weighted by molar-refractivity contribution is 7.15. The highest BCUT2D eigenvalue weighted by atomic mass is 32.1. The molecule has 0 radical (unpaired) electrons. The third-order valence-corrected chi connectivity index (χ3v) is 2.15. The number of aryl methyl sites for hydroxylation is 1. The molecule has 0 atom stereocenters. The highest BCUT2D eigenvalue weighted by Crippen LogP contribution is 2.19. The predicted molar refractivity (Wildman–Crippen MR) is 54.7 cm³/mol. The molecule has 4 heteroatoms. The molecule has 3 nitrogen and oxygen atoms in total. The van der Waals surface area contributed by atoms with Gasteiger partial charge in [0.1, 0.15) is 0 Å². The van der Waals surface area contributed by atoms with E-state index in [1.807, 2.05) is 19.1 Å². The quantitative estimate of drug-likeness (QED) is 0.707. The second-order valence-corrected chi connectivity index (χ2v) is 3.49. The Balaban J connectivity index is 2.81. The molecule has 64 valence electrons. The van der Waals surface area contributed by atoms with Gasteiger partial charge in [-0.1, -0.05) is 0 Å². The molecular weight excluding hydrogens is 170 g/mol. The van der Waals surface area contributed by atoms with E-state index in [0.29, 0.717) is 5.13 Å². The number of thiazole rings is 1. The molecule has 0 unspecified atom stereocenters. The number of aromatic nitrogens is 1. The van der Waals surface area contributed by atoms with E-state index in [2.05, 4.69) is 9.98 Å². The van der Waals surface area contributed by atoms with E-state index in [9.17, 15) is 0 Å². The molecule has 2 N–H and O–H groups in total. The minimum Gasteiger partial charge on any atom is -0.375 e. The third kappa shape index (κ3) is 2.17. The van der Waals surface area contributed by atoms with E-state index < -0.39 is 0 Å². The first-order valence-corrected chi connectivity index (χ1v) is 4.37. The van der Waals surface area contributed by atoms with Crippen LogP contribution in [0.25, 0.3) is 6.08 Å². The standard InChI is InChI=1S/C8H11N3S/c1-6-7(4-3-5-10-2)11-8(9)12-6/h3-5H,1-2H3,(H2,9,11)/b4-3-,10-5?. The molecule has 0 spiro atoms. The maximum Gasteiger partial charge on any atom is 0.180 e. The molecule has 0 aliphatic heterocycles. The van der Waals surface area contributed by atoms with Crippen LogP contribution in [-0.2, 0) is 0 Å². The number of anilines is 1. The number of nitrogen functional groups attached to an aromatic ring is 1. The summed E-state index contributed by atoms with van der Waals surface area (Å²) in [5.74, 6) is 0. The fraction of sp³-hybridized carbons (Fsp3) is 0.250. The molecule has 1 aromatic rings. The van der Waals surface area contributed by atoms with Crippen molar-refractivity contribution in [3.8, 4) is 0 Å². The number of nitrogens with two attached hydrogens (primary N) is 1. The van der Waals surface area contributed by atoms with E-state index in [-0.39, 0.29) is 0 Å². The zero-order chi connectivity index (χ0) is 8.97. The summed E-state index contributed by atoms with van der Waals surface area (Å²) in [6.45, 7) is 2.00. The Labute approximate surface area is 75.7 Å². The van der Waals surface area contributed by atoms with Crippen molar-refractivity contribution in [3.05, 3.63) is 16.6 Å². The number of allylic oxidation sites excluding steroid dienone is 1. The van der Waals surface area contributed by atoms with Crippen LogP contribution in [-0.4, -0.2) is 18.2 Å². The molecule has 0 fully saturated rings. The van der Waals surface area contributed by atoms with Gasteiger partial charge in [0.2, 0.25) is 0 Å². The molecule has 0 saturated heterocycles. The summed E-state index contributed by atoms with van der Waals surface area (Å²) in [5, 5.41) is 0.612. The maximum absolute atomic E-state index is 5.52. The lowest BCUT2D eigenvalue weighted by atomic mass is 10.3. The number of rotatable bonds is 2. The largest absolute Gasteiger partial charge is 0.375 e. The second-order valence-electron chi connectivity index (χ2n) is 2.26. The van der Waals surface area contributed by atoms with E-state index in [4.69, 9.17) is 5.73 Å². The molecule has 1 heterocycles.